The molecule has 0 saturated carbocycles. The first-order valence-corrected chi connectivity index (χ1v) is 6.43. The van der Waals surface area contributed by atoms with Crippen LogP contribution in [0, 0.1) is 11.9 Å². The maximum absolute atomic E-state index is 13.0. The van der Waals surface area contributed by atoms with Crippen molar-refractivity contribution in [2.24, 2.45) is 0 Å². The highest BCUT2D eigenvalue weighted by atomic mass is 35.5. The van der Waals surface area contributed by atoms with E-state index in [0.717, 1.165) is 17.5 Å². The van der Waals surface area contributed by atoms with E-state index in [1.807, 2.05) is 6.07 Å². The first kappa shape index (κ1) is 13.4. The van der Waals surface area contributed by atoms with Crippen molar-refractivity contribution in [1.29, 1.82) is 0 Å². The monoisotopic (exact) mass is 281 g/mol. The summed E-state index contributed by atoms with van der Waals surface area (Å²) in [6.45, 7) is 2.07. The van der Waals surface area contributed by atoms with E-state index < -0.39 is 0 Å². The van der Waals surface area contributed by atoms with Crippen LogP contribution in [0.25, 0.3) is 0 Å². The van der Waals surface area contributed by atoms with Crippen molar-refractivity contribution in [2.75, 3.05) is 0 Å². The standard InChI is InChI=1S/C15H12Cl2F/c1-10(11-3-2-4-13(16)8-11)7-12-5-6-14(18)9-15(12)17/h2,4-6,8-10H,7H2,1H3/t10-/m1/s1. The van der Waals surface area contributed by atoms with Gasteiger partial charge in [0.25, 0.3) is 0 Å². The summed E-state index contributed by atoms with van der Waals surface area (Å²) in [7, 11) is 0. The highest BCUT2D eigenvalue weighted by Crippen LogP contribution is 2.26. The molecule has 2 aromatic rings. The molecule has 0 nitrogen and oxygen atoms in total. The Balaban J connectivity index is 2.18. The Morgan fingerprint density at radius 2 is 2.00 bits per heavy atom. The summed E-state index contributed by atoms with van der Waals surface area (Å²) >= 11 is 12.0. The Kier molecular flexibility index (Phi) is 4.26. The van der Waals surface area contributed by atoms with Gasteiger partial charge in [-0.1, -0.05) is 42.3 Å². The van der Waals surface area contributed by atoms with Crippen molar-refractivity contribution < 1.29 is 4.39 Å². The molecule has 0 saturated heterocycles. The summed E-state index contributed by atoms with van der Waals surface area (Å²) in [4.78, 5) is 0. The van der Waals surface area contributed by atoms with Crippen molar-refractivity contribution in [1.82, 2.24) is 0 Å². The van der Waals surface area contributed by atoms with Crippen LogP contribution in [-0.2, 0) is 6.42 Å². The molecule has 2 aromatic carbocycles. The molecular weight excluding hydrogens is 270 g/mol. The minimum atomic E-state index is -0.314. The van der Waals surface area contributed by atoms with E-state index in [1.54, 1.807) is 18.2 Å². The summed E-state index contributed by atoms with van der Waals surface area (Å²) in [5, 5.41) is 1.16. The fraction of sp³-hybridized carbons (Fsp3) is 0.200. The molecule has 3 heteroatoms. The fourth-order valence-corrected chi connectivity index (χ4v) is 2.29. The molecule has 0 fully saturated rings. The lowest BCUT2D eigenvalue weighted by molar-refractivity contribution is 0.626. The fourth-order valence-electron chi connectivity index (χ4n) is 1.87. The van der Waals surface area contributed by atoms with Crippen LogP contribution in [0.15, 0.2) is 36.4 Å². The van der Waals surface area contributed by atoms with Crippen LogP contribution < -0.4 is 0 Å². The van der Waals surface area contributed by atoms with Crippen LogP contribution in [0.3, 0.4) is 0 Å². The zero-order valence-electron chi connectivity index (χ0n) is 9.88. The van der Waals surface area contributed by atoms with E-state index in [0.29, 0.717) is 10.0 Å². The van der Waals surface area contributed by atoms with E-state index in [-0.39, 0.29) is 11.7 Å². The van der Waals surface area contributed by atoms with Gasteiger partial charge in [0.15, 0.2) is 0 Å². The van der Waals surface area contributed by atoms with Crippen LogP contribution in [-0.4, -0.2) is 0 Å². The minimum Gasteiger partial charge on any atom is -0.207 e. The Morgan fingerprint density at radius 3 is 2.67 bits per heavy atom. The van der Waals surface area contributed by atoms with Crippen molar-refractivity contribution in [3.8, 4) is 0 Å². The molecule has 0 N–H and O–H groups in total. The Bertz CT molecular complexity index is 552. The second-order valence-corrected chi connectivity index (χ2v) is 5.15. The summed E-state index contributed by atoms with van der Waals surface area (Å²) in [5.74, 6) is -0.0858. The predicted molar refractivity (Wildman–Crippen MR) is 73.8 cm³/mol. The van der Waals surface area contributed by atoms with Crippen molar-refractivity contribution in [3.05, 3.63) is 69.5 Å². The lowest BCUT2D eigenvalue weighted by Crippen LogP contribution is -1.99. The second kappa shape index (κ2) is 5.73. The Hall–Kier alpha value is -1.05. The molecule has 2 rings (SSSR count). The van der Waals surface area contributed by atoms with E-state index in [9.17, 15) is 4.39 Å². The minimum absolute atomic E-state index is 0.228. The van der Waals surface area contributed by atoms with Crippen LogP contribution in [0.1, 0.15) is 24.0 Å². The van der Waals surface area contributed by atoms with Gasteiger partial charge in [-0.25, -0.2) is 4.39 Å². The number of halogens is 3. The van der Waals surface area contributed by atoms with E-state index in [4.69, 9.17) is 23.2 Å². The quantitative estimate of drug-likeness (QED) is 0.718. The molecule has 0 unspecified atom stereocenters. The molecule has 0 aliphatic heterocycles. The molecule has 0 bridgehead atoms. The third-order valence-corrected chi connectivity index (χ3v) is 3.45. The maximum Gasteiger partial charge on any atom is 0.124 e. The predicted octanol–water partition coefficient (Wildman–Crippen LogP) is 5.28. The van der Waals surface area contributed by atoms with E-state index in [1.165, 1.54) is 12.1 Å². The normalized spacial score (nSPS) is 12.4. The highest BCUT2D eigenvalue weighted by Gasteiger charge is 2.10. The molecule has 93 valence electrons. The van der Waals surface area contributed by atoms with Gasteiger partial charge in [0.2, 0.25) is 0 Å². The summed E-state index contributed by atoms with van der Waals surface area (Å²) < 4.78 is 13.0. The second-order valence-electron chi connectivity index (χ2n) is 4.30. The Morgan fingerprint density at radius 1 is 1.22 bits per heavy atom. The summed E-state index contributed by atoms with van der Waals surface area (Å²) in [6.07, 6.45) is 0.732. The molecule has 0 amide bonds. The van der Waals surface area contributed by atoms with Gasteiger partial charge in [0, 0.05) is 10.0 Å². The van der Waals surface area contributed by atoms with Gasteiger partial charge in [-0.15, -0.1) is 0 Å². The lowest BCUT2D eigenvalue weighted by atomic mass is 9.94. The third-order valence-electron chi connectivity index (χ3n) is 2.86. The zero-order chi connectivity index (χ0) is 13.1. The van der Waals surface area contributed by atoms with Gasteiger partial charge in [0.1, 0.15) is 5.82 Å². The van der Waals surface area contributed by atoms with E-state index in [2.05, 4.69) is 13.0 Å². The molecule has 0 aromatic heterocycles. The van der Waals surface area contributed by atoms with Crippen LogP contribution in [0.5, 0.6) is 0 Å². The maximum atomic E-state index is 13.0. The van der Waals surface area contributed by atoms with Crippen molar-refractivity contribution >= 4 is 23.2 Å². The largest absolute Gasteiger partial charge is 0.207 e. The van der Waals surface area contributed by atoms with Crippen molar-refractivity contribution in [2.45, 2.75) is 19.3 Å². The van der Waals surface area contributed by atoms with Crippen LogP contribution in [0.4, 0.5) is 4.39 Å². The third kappa shape index (κ3) is 3.24. The average molecular weight is 282 g/mol. The summed E-state index contributed by atoms with van der Waals surface area (Å²) in [5.41, 5.74) is 1.96. The van der Waals surface area contributed by atoms with Crippen molar-refractivity contribution in [3.63, 3.8) is 0 Å². The van der Waals surface area contributed by atoms with E-state index >= 15 is 0 Å². The molecule has 1 atom stereocenters. The van der Waals surface area contributed by atoms with Crippen LogP contribution in [0.2, 0.25) is 10.0 Å². The van der Waals surface area contributed by atoms with Gasteiger partial charge in [-0.2, -0.15) is 0 Å². The highest BCUT2D eigenvalue weighted by molar-refractivity contribution is 6.31. The van der Waals surface area contributed by atoms with Gasteiger partial charge in [-0.05, 0) is 53.8 Å². The number of benzene rings is 2. The smallest absolute Gasteiger partial charge is 0.124 e. The Labute approximate surface area is 116 Å². The molecule has 18 heavy (non-hydrogen) atoms. The number of rotatable bonds is 3. The molecule has 0 heterocycles. The van der Waals surface area contributed by atoms with Gasteiger partial charge in [-0.3, -0.25) is 0 Å². The van der Waals surface area contributed by atoms with Gasteiger partial charge >= 0.3 is 0 Å². The number of hydrogen-bond donors (Lipinski definition) is 0. The lowest BCUT2D eigenvalue weighted by Gasteiger charge is -2.13. The molecular formula is C15H12Cl2F. The summed E-state index contributed by atoms with van der Waals surface area (Å²) in [6, 6.07) is 13.1. The SMILES string of the molecule is C[C@H](Cc1ccc(F)cc1Cl)c1[c]ccc(Cl)c1. The topological polar surface area (TPSA) is 0 Å². The van der Waals surface area contributed by atoms with Gasteiger partial charge < -0.3 is 0 Å². The molecule has 1 radical (unpaired) electrons. The molecule has 0 aliphatic carbocycles. The molecule has 0 spiro atoms. The number of hydrogen-bond acceptors (Lipinski definition) is 0. The van der Waals surface area contributed by atoms with Crippen LogP contribution >= 0.6 is 23.2 Å². The first-order valence-electron chi connectivity index (χ1n) is 5.67. The zero-order valence-corrected chi connectivity index (χ0v) is 11.4. The first-order chi connectivity index (χ1) is 8.56. The average Bonchev–Trinajstić information content (AvgIpc) is 2.32. The molecule has 0 aliphatic rings. The van der Waals surface area contributed by atoms with Gasteiger partial charge in [0.05, 0.1) is 0 Å².